The molecule has 0 saturated heterocycles. The number of hydrogen-bond acceptors (Lipinski definition) is 3. The van der Waals surface area contributed by atoms with E-state index in [9.17, 15) is 4.79 Å². The second-order valence-corrected chi connectivity index (χ2v) is 4.44. The van der Waals surface area contributed by atoms with Gasteiger partial charge in [0.05, 0.1) is 5.41 Å². The summed E-state index contributed by atoms with van der Waals surface area (Å²) in [6.45, 7) is 6.27. The molecule has 1 aromatic heterocycles. The number of amides is 1. The standard InChI is InChI=1S/C12H22N4O/c1-5-12(6-2,8-13)11(17)14-10-7-9(3)16(4)15-10/h7H,5-6,8,13H2,1-4H3,(H,14,15,17). The Morgan fingerprint density at radius 3 is 2.47 bits per heavy atom. The molecule has 17 heavy (non-hydrogen) atoms. The van der Waals surface area contributed by atoms with E-state index < -0.39 is 5.41 Å². The molecule has 5 heteroatoms. The molecule has 0 bridgehead atoms. The molecular formula is C12H22N4O. The summed E-state index contributed by atoms with van der Waals surface area (Å²) in [6, 6.07) is 1.85. The van der Waals surface area contributed by atoms with Crippen LogP contribution in [0.25, 0.3) is 0 Å². The Hall–Kier alpha value is -1.36. The lowest BCUT2D eigenvalue weighted by Crippen LogP contribution is -2.41. The van der Waals surface area contributed by atoms with Crippen LogP contribution in [0.5, 0.6) is 0 Å². The average Bonchev–Trinajstić information content (AvgIpc) is 2.61. The molecule has 0 aliphatic carbocycles. The van der Waals surface area contributed by atoms with E-state index in [0.717, 1.165) is 18.5 Å². The van der Waals surface area contributed by atoms with Crippen molar-refractivity contribution in [3.8, 4) is 0 Å². The first-order chi connectivity index (χ1) is 7.99. The van der Waals surface area contributed by atoms with E-state index in [0.29, 0.717) is 12.4 Å². The fraction of sp³-hybridized carbons (Fsp3) is 0.667. The first kappa shape index (κ1) is 13.7. The number of hydrogen-bond donors (Lipinski definition) is 2. The Kier molecular flexibility index (Phi) is 4.28. The van der Waals surface area contributed by atoms with E-state index in [2.05, 4.69) is 10.4 Å². The van der Waals surface area contributed by atoms with Crippen LogP contribution in [0, 0.1) is 12.3 Å². The van der Waals surface area contributed by atoms with Crippen molar-refractivity contribution in [2.24, 2.45) is 18.2 Å². The van der Waals surface area contributed by atoms with E-state index in [1.54, 1.807) is 4.68 Å². The first-order valence-corrected chi connectivity index (χ1v) is 6.01. The smallest absolute Gasteiger partial charge is 0.233 e. The van der Waals surface area contributed by atoms with Gasteiger partial charge in [0, 0.05) is 25.4 Å². The molecule has 5 nitrogen and oxygen atoms in total. The number of carbonyl (C=O) groups excluding carboxylic acids is 1. The number of aromatic nitrogens is 2. The third-order valence-electron chi connectivity index (χ3n) is 3.58. The number of rotatable bonds is 5. The van der Waals surface area contributed by atoms with Crippen molar-refractivity contribution in [2.45, 2.75) is 33.6 Å². The summed E-state index contributed by atoms with van der Waals surface area (Å²) in [5.74, 6) is 0.554. The molecule has 1 amide bonds. The minimum Gasteiger partial charge on any atom is -0.329 e. The minimum absolute atomic E-state index is 0.0388. The van der Waals surface area contributed by atoms with Gasteiger partial charge in [0.2, 0.25) is 5.91 Å². The van der Waals surface area contributed by atoms with Crippen molar-refractivity contribution in [1.29, 1.82) is 0 Å². The summed E-state index contributed by atoms with van der Waals surface area (Å²) >= 11 is 0. The molecule has 96 valence electrons. The lowest BCUT2D eigenvalue weighted by molar-refractivity contribution is -0.125. The summed E-state index contributed by atoms with van der Waals surface area (Å²) in [7, 11) is 1.85. The number of nitrogens with one attached hydrogen (secondary N) is 1. The largest absolute Gasteiger partial charge is 0.329 e. The zero-order valence-electron chi connectivity index (χ0n) is 11.1. The normalized spacial score (nSPS) is 11.6. The highest BCUT2D eigenvalue weighted by Gasteiger charge is 2.33. The van der Waals surface area contributed by atoms with Crippen molar-refractivity contribution in [1.82, 2.24) is 9.78 Å². The highest BCUT2D eigenvalue weighted by molar-refractivity contribution is 5.94. The quantitative estimate of drug-likeness (QED) is 0.815. The second kappa shape index (κ2) is 5.31. The van der Waals surface area contributed by atoms with Crippen LogP contribution < -0.4 is 11.1 Å². The van der Waals surface area contributed by atoms with Crippen LogP contribution in [0.2, 0.25) is 0 Å². The molecule has 0 radical (unpaired) electrons. The van der Waals surface area contributed by atoms with Gasteiger partial charge >= 0.3 is 0 Å². The Labute approximate surface area is 102 Å². The van der Waals surface area contributed by atoms with Crippen LogP contribution in [-0.4, -0.2) is 22.2 Å². The molecule has 0 atom stereocenters. The van der Waals surface area contributed by atoms with Crippen LogP contribution in [-0.2, 0) is 11.8 Å². The van der Waals surface area contributed by atoms with Crippen LogP contribution >= 0.6 is 0 Å². The predicted molar refractivity (Wildman–Crippen MR) is 68.6 cm³/mol. The number of anilines is 1. The SMILES string of the molecule is CCC(CC)(CN)C(=O)Nc1cc(C)n(C)n1. The summed E-state index contributed by atoms with van der Waals surface area (Å²) < 4.78 is 1.73. The molecular weight excluding hydrogens is 216 g/mol. The molecule has 0 unspecified atom stereocenters. The second-order valence-electron chi connectivity index (χ2n) is 4.44. The van der Waals surface area contributed by atoms with Gasteiger partial charge in [-0.05, 0) is 19.8 Å². The fourth-order valence-electron chi connectivity index (χ4n) is 1.82. The van der Waals surface area contributed by atoms with Crippen LogP contribution in [0.15, 0.2) is 6.07 Å². The zero-order chi connectivity index (χ0) is 13.1. The molecule has 0 aliphatic heterocycles. The highest BCUT2D eigenvalue weighted by atomic mass is 16.2. The van der Waals surface area contributed by atoms with Crippen molar-refractivity contribution in [3.05, 3.63) is 11.8 Å². The summed E-state index contributed by atoms with van der Waals surface area (Å²) in [5, 5.41) is 7.06. The maximum atomic E-state index is 12.2. The van der Waals surface area contributed by atoms with E-state index in [1.165, 1.54) is 0 Å². The van der Waals surface area contributed by atoms with Crippen molar-refractivity contribution in [3.63, 3.8) is 0 Å². The minimum atomic E-state index is -0.481. The monoisotopic (exact) mass is 238 g/mol. The molecule has 0 fully saturated rings. The van der Waals surface area contributed by atoms with Crippen LogP contribution in [0.3, 0.4) is 0 Å². The molecule has 3 N–H and O–H groups in total. The third kappa shape index (κ3) is 2.66. The molecule has 0 saturated carbocycles. The van der Waals surface area contributed by atoms with E-state index in [1.807, 2.05) is 33.9 Å². The van der Waals surface area contributed by atoms with Crippen molar-refractivity contribution in [2.75, 3.05) is 11.9 Å². The Morgan fingerprint density at radius 2 is 2.12 bits per heavy atom. The van der Waals surface area contributed by atoms with Crippen LogP contribution in [0.1, 0.15) is 32.4 Å². The maximum absolute atomic E-state index is 12.2. The Balaban J connectivity index is 2.84. The number of aryl methyl sites for hydroxylation is 2. The van der Waals surface area contributed by atoms with Gasteiger partial charge in [0.15, 0.2) is 5.82 Å². The van der Waals surface area contributed by atoms with Gasteiger partial charge in [-0.1, -0.05) is 13.8 Å². The van der Waals surface area contributed by atoms with Crippen molar-refractivity contribution < 1.29 is 4.79 Å². The van der Waals surface area contributed by atoms with Gasteiger partial charge in [-0.15, -0.1) is 0 Å². The zero-order valence-corrected chi connectivity index (χ0v) is 11.1. The molecule has 0 aliphatic rings. The van der Waals surface area contributed by atoms with E-state index in [4.69, 9.17) is 5.73 Å². The molecule has 1 heterocycles. The fourth-order valence-corrected chi connectivity index (χ4v) is 1.82. The maximum Gasteiger partial charge on any atom is 0.233 e. The Bertz CT molecular complexity index is 365. The molecule has 0 spiro atoms. The highest BCUT2D eigenvalue weighted by Crippen LogP contribution is 2.26. The van der Waals surface area contributed by atoms with Gasteiger partial charge in [0.1, 0.15) is 0 Å². The number of carbonyl (C=O) groups is 1. The summed E-state index contributed by atoms with van der Waals surface area (Å²) in [5.41, 5.74) is 6.26. The van der Waals surface area contributed by atoms with Gasteiger partial charge < -0.3 is 11.1 Å². The van der Waals surface area contributed by atoms with Gasteiger partial charge in [-0.25, -0.2) is 0 Å². The van der Waals surface area contributed by atoms with Gasteiger partial charge in [-0.3, -0.25) is 9.48 Å². The van der Waals surface area contributed by atoms with Gasteiger partial charge in [0.25, 0.3) is 0 Å². The average molecular weight is 238 g/mol. The van der Waals surface area contributed by atoms with Crippen LogP contribution in [0.4, 0.5) is 5.82 Å². The van der Waals surface area contributed by atoms with Crippen molar-refractivity contribution >= 4 is 11.7 Å². The summed E-state index contributed by atoms with van der Waals surface area (Å²) in [6.07, 6.45) is 1.47. The Morgan fingerprint density at radius 1 is 1.53 bits per heavy atom. The van der Waals surface area contributed by atoms with E-state index in [-0.39, 0.29) is 5.91 Å². The molecule has 1 rings (SSSR count). The lowest BCUT2D eigenvalue weighted by Gasteiger charge is -2.27. The van der Waals surface area contributed by atoms with E-state index >= 15 is 0 Å². The molecule has 1 aromatic rings. The van der Waals surface area contributed by atoms with Gasteiger partial charge in [-0.2, -0.15) is 5.10 Å². The lowest BCUT2D eigenvalue weighted by atomic mass is 9.81. The topological polar surface area (TPSA) is 72.9 Å². The number of nitrogens with zero attached hydrogens (tertiary/aromatic N) is 2. The predicted octanol–water partition coefficient (Wildman–Crippen LogP) is 1.43. The summed E-state index contributed by atoms with van der Waals surface area (Å²) in [4.78, 5) is 12.2. The third-order valence-corrected chi connectivity index (χ3v) is 3.58. The first-order valence-electron chi connectivity index (χ1n) is 6.01. The molecule has 0 aromatic carbocycles. The number of nitrogens with two attached hydrogens (primary N) is 1.